The van der Waals surface area contributed by atoms with Crippen LogP contribution in [0.15, 0.2) is 58.7 Å². The number of nitrogens with zero attached hydrogens (tertiary/aromatic N) is 3. The van der Waals surface area contributed by atoms with Gasteiger partial charge in [0.25, 0.3) is 5.91 Å². The fourth-order valence-corrected chi connectivity index (χ4v) is 7.69. The third kappa shape index (κ3) is 6.66. The van der Waals surface area contributed by atoms with Gasteiger partial charge >= 0.3 is 0 Å². The van der Waals surface area contributed by atoms with Gasteiger partial charge in [-0.1, -0.05) is 12.8 Å². The quantitative estimate of drug-likeness (QED) is 0.187. The third-order valence-corrected chi connectivity index (χ3v) is 9.91. The Bertz CT molecular complexity index is 1610. The molecule has 1 saturated carbocycles. The standard InChI is InChI=1S/C34H35F2N3O4S/c1-20-19-44-33(38-20)29-7-4-9-39(29)34(42)26-15-23(14-25(16-26)32-37-8-10-43-32)30(40)17-24(31(41)22-5-2-3-6-22)11-21-12-27(35)18-28(36)13-21/h8,10,12-16,18-19,22,24,29,31,41H,2-7,9,11,17H2,1H3/t24-,29-,31-/m1/s1. The minimum atomic E-state index is -0.809. The molecule has 1 saturated heterocycles. The highest BCUT2D eigenvalue weighted by Gasteiger charge is 2.35. The Labute approximate surface area is 259 Å². The maximum Gasteiger partial charge on any atom is 0.254 e. The zero-order valence-corrected chi connectivity index (χ0v) is 25.4. The molecule has 2 aliphatic rings. The van der Waals surface area contributed by atoms with E-state index < -0.39 is 23.7 Å². The Morgan fingerprint density at radius 1 is 1.05 bits per heavy atom. The summed E-state index contributed by atoms with van der Waals surface area (Å²) in [5, 5.41) is 14.3. The molecule has 4 aromatic rings. The van der Waals surface area contributed by atoms with Crippen LogP contribution in [0, 0.1) is 30.4 Å². The van der Waals surface area contributed by atoms with E-state index in [0.29, 0.717) is 28.8 Å². The molecule has 6 rings (SSSR count). The molecule has 0 unspecified atom stereocenters. The summed E-state index contributed by atoms with van der Waals surface area (Å²) in [4.78, 5) is 38.6. The first-order chi connectivity index (χ1) is 21.2. The molecule has 1 aliphatic carbocycles. The number of hydrogen-bond acceptors (Lipinski definition) is 7. The summed E-state index contributed by atoms with van der Waals surface area (Å²) >= 11 is 1.54. The Morgan fingerprint density at radius 3 is 2.48 bits per heavy atom. The summed E-state index contributed by atoms with van der Waals surface area (Å²) in [6.45, 7) is 2.51. The molecule has 2 fully saturated rings. The van der Waals surface area contributed by atoms with Crippen LogP contribution >= 0.6 is 11.3 Å². The van der Waals surface area contributed by atoms with Crippen molar-refractivity contribution in [1.29, 1.82) is 0 Å². The molecule has 1 aliphatic heterocycles. The Kier molecular flexibility index (Phi) is 9.00. The Hall–Kier alpha value is -3.76. The molecule has 3 atom stereocenters. The summed E-state index contributed by atoms with van der Waals surface area (Å²) in [5.41, 5.74) is 2.42. The number of aliphatic hydroxyl groups excluding tert-OH is 1. The summed E-state index contributed by atoms with van der Waals surface area (Å²) in [7, 11) is 0. The van der Waals surface area contributed by atoms with Crippen molar-refractivity contribution in [3.05, 3.63) is 93.3 Å². The average Bonchev–Trinajstić information content (AvgIpc) is 3.83. The molecule has 7 nitrogen and oxygen atoms in total. The van der Waals surface area contributed by atoms with Gasteiger partial charge in [-0.15, -0.1) is 11.3 Å². The zero-order chi connectivity index (χ0) is 30.8. The van der Waals surface area contributed by atoms with Crippen LogP contribution in [0.4, 0.5) is 8.78 Å². The predicted molar refractivity (Wildman–Crippen MR) is 162 cm³/mol. The SMILES string of the molecule is Cc1csc([C@H]2CCCN2C(=O)c2cc(C(=O)C[C@@H](Cc3cc(F)cc(F)c3)[C@H](O)C3CCCC3)cc(-c3ncco3)c2)n1. The topological polar surface area (TPSA) is 96.5 Å². The van der Waals surface area contributed by atoms with Gasteiger partial charge in [-0.2, -0.15) is 0 Å². The molecule has 10 heteroatoms. The number of ketones is 1. The molecule has 44 heavy (non-hydrogen) atoms. The summed E-state index contributed by atoms with van der Waals surface area (Å²) in [6, 6.07) is 8.11. The summed E-state index contributed by atoms with van der Waals surface area (Å²) in [5.74, 6) is -2.15. The number of carbonyl (C=O) groups is 2. The molecule has 3 heterocycles. The molecule has 230 valence electrons. The van der Waals surface area contributed by atoms with Crippen molar-refractivity contribution in [3.63, 3.8) is 0 Å². The second-order valence-electron chi connectivity index (χ2n) is 12.0. The normalized spacial score (nSPS) is 18.5. The van der Waals surface area contributed by atoms with Gasteiger partial charge in [0, 0.05) is 46.8 Å². The Morgan fingerprint density at radius 2 is 1.80 bits per heavy atom. The van der Waals surface area contributed by atoms with Gasteiger partial charge in [-0.25, -0.2) is 18.7 Å². The fourth-order valence-electron chi connectivity index (χ4n) is 6.74. The van der Waals surface area contributed by atoms with Crippen LogP contribution in [0.3, 0.4) is 0 Å². The molecule has 2 aromatic carbocycles. The maximum atomic E-state index is 14.0. The van der Waals surface area contributed by atoms with Crippen LogP contribution in [-0.4, -0.2) is 44.3 Å². The van der Waals surface area contributed by atoms with E-state index in [1.54, 1.807) is 18.2 Å². The lowest BCUT2D eigenvalue weighted by Gasteiger charge is -2.27. The van der Waals surface area contributed by atoms with Crippen LogP contribution < -0.4 is 0 Å². The predicted octanol–water partition coefficient (Wildman–Crippen LogP) is 7.34. The minimum absolute atomic E-state index is 0.0172. The van der Waals surface area contributed by atoms with E-state index in [1.165, 1.54) is 35.9 Å². The van der Waals surface area contributed by atoms with Crippen LogP contribution in [0.2, 0.25) is 0 Å². The number of aryl methyl sites for hydroxylation is 1. The second-order valence-corrected chi connectivity index (χ2v) is 12.9. The number of rotatable bonds is 10. The maximum absolute atomic E-state index is 14.0. The number of likely N-dealkylation sites (tertiary alicyclic amines) is 1. The van der Waals surface area contributed by atoms with Gasteiger partial charge in [0.2, 0.25) is 5.89 Å². The lowest BCUT2D eigenvalue weighted by molar-refractivity contribution is 0.0456. The van der Waals surface area contributed by atoms with Crippen molar-refractivity contribution < 1.29 is 27.9 Å². The second kappa shape index (κ2) is 13.1. The van der Waals surface area contributed by atoms with Gasteiger partial charge in [-0.05, 0) is 86.8 Å². The number of amides is 1. The average molecular weight is 620 g/mol. The van der Waals surface area contributed by atoms with Gasteiger partial charge in [0.1, 0.15) is 22.9 Å². The lowest BCUT2D eigenvalue weighted by atomic mass is 9.81. The minimum Gasteiger partial charge on any atom is -0.445 e. The van der Waals surface area contributed by atoms with Crippen LogP contribution in [-0.2, 0) is 6.42 Å². The number of hydrogen-bond donors (Lipinski definition) is 1. The van der Waals surface area contributed by atoms with Gasteiger partial charge in [-0.3, -0.25) is 9.59 Å². The van der Waals surface area contributed by atoms with Crippen molar-refractivity contribution in [3.8, 4) is 11.5 Å². The van der Waals surface area contributed by atoms with Crippen LogP contribution in [0.25, 0.3) is 11.5 Å². The van der Waals surface area contributed by atoms with Crippen molar-refractivity contribution in [2.45, 2.75) is 70.4 Å². The van der Waals surface area contributed by atoms with Gasteiger partial charge in [0.15, 0.2) is 5.78 Å². The first-order valence-corrected chi connectivity index (χ1v) is 16.1. The number of benzene rings is 2. The molecule has 1 N–H and O–H groups in total. The van der Waals surface area contributed by atoms with E-state index in [9.17, 15) is 23.5 Å². The fraction of sp³-hybridized carbons (Fsp3) is 0.412. The number of oxazole rings is 1. The summed E-state index contributed by atoms with van der Waals surface area (Å²) < 4.78 is 33.6. The lowest BCUT2D eigenvalue weighted by Crippen LogP contribution is -2.32. The number of aliphatic hydroxyl groups is 1. The third-order valence-electron chi connectivity index (χ3n) is 8.85. The van der Waals surface area contributed by atoms with Gasteiger partial charge in [0.05, 0.1) is 18.3 Å². The first-order valence-electron chi connectivity index (χ1n) is 15.2. The molecule has 0 radical (unpaired) electrons. The van der Waals surface area contributed by atoms with Crippen molar-refractivity contribution >= 4 is 23.0 Å². The van der Waals surface area contributed by atoms with E-state index in [-0.39, 0.29) is 42.4 Å². The highest BCUT2D eigenvalue weighted by molar-refractivity contribution is 7.09. The van der Waals surface area contributed by atoms with Crippen LogP contribution in [0.1, 0.15) is 88.0 Å². The van der Waals surface area contributed by atoms with E-state index in [0.717, 1.165) is 55.3 Å². The molecule has 0 bridgehead atoms. The van der Waals surface area contributed by atoms with Gasteiger partial charge < -0.3 is 14.4 Å². The largest absolute Gasteiger partial charge is 0.445 e. The van der Waals surface area contributed by atoms with E-state index in [2.05, 4.69) is 9.97 Å². The Balaban J connectivity index is 1.31. The van der Waals surface area contributed by atoms with E-state index in [1.807, 2.05) is 17.2 Å². The number of halogens is 2. The molecule has 2 aromatic heterocycles. The molecular formula is C34H35F2N3O4S. The number of aromatic nitrogens is 2. The highest BCUT2D eigenvalue weighted by Crippen LogP contribution is 2.37. The monoisotopic (exact) mass is 619 g/mol. The number of carbonyl (C=O) groups excluding carboxylic acids is 2. The smallest absolute Gasteiger partial charge is 0.254 e. The molecule has 1 amide bonds. The van der Waals surface area contributed by atoms with Crippen molar-refractivity contribution in [2.24, 2.45) is 11.8 Å². The zero-order valence-electron chi connectivity index (χ0n) is 24.5. The van der Waals surface area contributed by atoms with Crippen molar-refractivity contribution in [1.82, 2.24) is 14.9 Å². The van der Waals surface area contributed by atoms with Crippen LogP contribution in [0.5, 0.6) is 0 Å². The summed E-state index contributed by atoms with van der Waals surface area (Å²) in [6.07, 6.45) is 7.56. The molecular weight excluding hydrogens is 584 g/mol. The van der Waals surface area contributed by atoms with E-state index >= 15 is 0 Å². The van der Waals surface area contributed by atoms with Crippen molar-refractivity contribution in [2.75, 3.05) is 6.54 Å². The van der Waals surface area contributed by atoms with E-state index in [4.69, 9.17) is 4.42 Å². The number of thiazole rings is 1. The number of Topliss-reactive ketones (excluding diaryl/α,β-unsaturated/α-hetero) is 1. The first kappa shape index (κ1) is 30.3. The molecule has 0 spiro atoms. The highest BCUT2D eigenvalue weighted by atomic mass is 32.1.